The van der Waals surface area contributed by atoms with Gasteiger partial charge in [0, 0.05) is 6.04 Å². The minimum atomic E-state index is -0.0297. The van der Waals surface area contributed by atoms with Gasteiger partial charge < -0.3 is 10.7 Å². The van der Waals surface area contributed by atoms with E-state index >= 15 is 0 Å². The second-order valence-corrected chi connectivity index (χ2v) is 5.79. The van der Waals surface area contributed by atoms with Crippen molar-refractivity contribution in [3.63, 3.8) is 0 Å². The van der Waals surface area contributed by atoms with E-state index in [9.17, 15) is 4.79 Å². The Morgan fingerprint density at radius 2 is 2.00 bits per heavy atom. The van der Waals surface area contributed by atoms with Crippen molar-refractivity contribution in [3.8, 4) is 0 Å². The molecule has 0 heterocycles. The fourth-order valence-corrected chi connectivity index (χ4v) is 2.95. The van der Waals surface area contributed by atoms with Crippen molar-refractivity contribution < 1.29 is 4.79 Å². The standard InChI is InChI=1S/C16H25N3O/c1-3-12-5-7-13(8-6-12)18-16(20)14-9-4-11(2)10-15(14)19-17/h4,9-10,12-13,19H,3,5-8,17H2,1-2H3,(H,18,20). The van der Waals surface area contributed by atoms with Gasteiger partial charge in [0.15, 0.2) is 0 Å². The van der Waals surface area contributed by atoms with E-state index in [2.05, 4.69) is 17.7 Å². The molecule has 0 saturated heterocycles. The van der Waals surface area contributed by atoms with E-state index in [1.165, 1.54) is 19.3 Å². The molecule has 0 spiro atoms. The number of carbonyl (C=O) groups is 1. The van der Waals surface area contributed by atoms with E-state index in [1.54, 1.807) is 0 Å². The summed E-state index contributed by atoms with van der Waals surface area (Å²) in [4.78, 5) is 12.3. The molecule has 110 valence electrons. The molecule has 0 aromatic heterocycles. The average molecular weight is 275 g/mol. The molecule has 1 amide bonds. The number of nitrogen functional groups attached to an aromatic ring is 1. The van der Waals surface area contributed by atoms with Crippen LogP contribution in [0.3, 0.4) is 0 Å². The summed E-state index contributed by atoms with van der Waals surface area (Å²) in [7, 11) is 0. The Hall–Kier alpha value is -1.55. The van der Waals surface area contributed by atoms with Gasteiger partial charge in [-0.2, -0.15) is 0 Å². The lowest BCUT2D eigenvalue weighted by atomic mass is 9.84. The van der Waals surface area contributed by atoms with Crippen LogP contribution in [0, 0.1) is 12.8 Å². The summed E-state index contributed by atoms with van der Waals surface area (Å²) in [5.74, 6) is 6.30. The predicted octanol–water partition coefficient (Wildman–Crippen LogP) is 2.98. The number of nitrogens with two attached hydrogens (primary N) is 1. The van der Waals surface area contributed by atoms with E-state index in [-0.39, 0.29) is 5.91 Å². The van der Waals surface area contributed by atoms with Crippen molar-refractivity contribution in [2.75, 3.05) is 5.43 Å². The number of nitrogens with one attached hydrogen (secondary N) is 2. The van der Waals surface area contributed by atoms with Crippen molar-refractivity contribution >= 4 is 11.6 Å². The zero-order chi connectivity index (χ0) is 14.5. The number of amides is 1. The van der Waals surface area contributed by atoms with Crippen LogP contribution in [0.15, 0.2) is 18.2 Å². The van der Waals surface area contributed by atoms with Gasteiger partial charge in [0.05, 0.1) is 11.3 Å². The highest BCUT2D eigenvalue weighted by Crippen LogP contribution is 2.27. The molecule has 0 atom stereocenters. The van der Waals surface area contributed by atoms with Crippen LogP contribution >= 0.6 is 0 Å². The van der Waals surface area contributed by atoms with E-state index in [0.717, 1.165) is 24.3 Å². The summed E-state index contributed by atoms with van der Waals surface area (Å²) in [6, 6.07) is 5.96. The number of carbonyl (C=O) groups excluding carboxylic acids is 1. The third-order valence-corrected chi connectivity index (χ3v) is 4.33. The molecule has 0 radical (unpaired) electrons. The van der Waals surface area contributed by atoms with E-state index < -0.39 is 0 Å². The number of hydrazine groups is 1. The normalized spacial score (nSPS) is 22.4. The van der Waals surface area contributed by atoms with Crippen molar-refractivity contribution in [2.45, 2.75) is 52.0 Å². The second kappa shape index (κ2) is 6.75. The van der Waals surface area contributed by atoms with Gasteiger partial charge in [0.25, 0.3) is 5.91 Å². The van der Waals surface area contributed by atoms with Crippen molar-refractivity contribution in [3.05, 3.63) is 29.3 Å². The Balaban J connectivity index is 1.98. The Morgan fingerprint density at radius 3 is 2.60 bits per heavy atom. The highest BCUT2D eigenvalue weighted by Gasteiger charge is 2.22. The first-order valence-electron chi connectivity index (χ1n) is 7.52. The summed E-state index contributed by atoms with van der Waals surface area (Å²) in [6.45, 7) is 4.23. The summed E-state index contributed by atoms with van der Waals surface area (Å²) >= 11 is 0. The van der Waals surface area contributed by atoms with Gasteiger partial charge in [0.2, 0.25) is 0 Å². The largest absolute Gasteiger partial charge is 0.349 e. The second-order valence-electron chi connectivity index (χ2n) is 5.79. The third-order valence-electron chi connectivity index (χ3n) is 4.33. The maximum Gasteiger partial charge on any atom is 0.253 e. The van der Waals surface area contributed by atoms with Crippen LogP contribution in [0.4, 0.5) is 5.69 Å². The summed E-state index contributed by atoms with van der Waals surface area (Å²) in [6.07, 6.45) is 5.86. The quantitative estimate of drug-likeness (QED) is 0.584. The van der Waals surface area contributed by atoms with Gasteiger partial charge in [-0.1, -0.05) is 19.4 Å². The summed E-state index contributed by atoms with van der Waals surface area (Å²) < 4.78 is 0. The van der Waals surface area contributed by atoms with Crippen molar-refractivity contribution in [2.24, 2.45) is 11.8 Å². The fourth-order valence-electron chi connectivity index (χ4n) is 2.95. The highest BCUT2D eigenvalue weighted by atomic mass is 16.1. The first-order chi connectivity index (χ1) is 9.63. The lowest BCUT2D eigenvalue weighted by Gasteiger charge is -2.28. The zero-order valence-electron chi connectivity index (χ0n) is 12.4. The van der Waals surface area contributed by atoms with Gasteiger partial charge in [-0.25, -0.2) is 0 Å². The fraction of sp³-hybridized carbons (Fsp3) is 0.562. The van der Waals surface area contributed by atoms with Crippen LogP contribution in [-0.4, -0.2) is 11.9 Å². The number of hydrogen-bond donors (Lipinski definition) is 3. The average Bonchev–Trinajstić information content (AvgIpc) is 2.47. The highest BCUT2D eigenvalue weighted by molar-refractivity contribution is 5.99. The molecule has 1 fully saturated rings. The van der Waals surface area contributed by atoms with Crippen LogP contribution in [-0.2, 0) is 0 Å². The molecule has 1 aromatic carbocycles. The predicted molar refractivity (Wildman–Crippen MR) is 82.5 cm³/mol. The maximum absolute atomic E-state index is 12.3. The molecule has 4 N–H and O–H groups in total. The van der Waals surface area contributed by atoms with Crippen molar-refractivity contribution in [1.29, 1.82) is 0 Å². The third kappa shape index (κ3) is 3.51. The molecule has 4 heteroatoms. The molecule has 1 aliphatic carbocycles. The Labute approximate surface area is 121 Å². The van der Waals surface area contributed by atoms with Gasteiger partial charge in [-0.3, -0.25) is 10.6 Å². The molecule has 20 heavy (non-hydrogen) atoms. The molecule has 1 aliphatic rings. The van der Waals surface area contributed by atoms with Crippen LogP contribution in [0.25, 0.3) is 0 Å². The first kappa shape index (κ1) is 14.9. The Kier molecular flexibility index (Phi) is 5.01. The topological polar surface area (TPSA) is 67.2 Å². The van der Waals surface area contributed by atoms with E-state index in [1.807, 2.05) is 25.1 Å². The molecular formula is C16H25N3O. The minimum absolute atomic E-state index is 0.0297. The molecule has 0 unspecified atom stereocenters. The molecular weight excluding hydrogens is 250 g/mol. The van der Waals surface area contributed by atoms with Gasteiger partial charge in [-0.05, 0) is 56.2 Å². The maximum atomic E-state index is 12.3. The summed E-state index contributed by atoms with van der Waals surface area (Å²) in [5.41, 5.74) is 5.00. The van der Waals surface area contributed by atoms with Crippen LogP contribution in [0.2, 0.25) is 0 Å². The number of anilines is 1. The molecule has 4 nitrogen and oxygen atoms in total. The smallest absolute Gasteiger partial charge is 0.253 e. The Bertz CT molecular complexity index is 465. The zero-order valence-corrected chi connectivity index (χ0v) is 12.4. The van der Waals surface area contributed by atoms with E-state index in [0.29, 0.717) is 17.3 Å². The Morgan fingerprint density at radius 1 is 1.30 bits per heavy atom. The number of hydrogen-bond acceptors (Lipinski definition) is 3. The summed E-state index contributed by atoms with van der Waals surface area (Å²) in [5, 5.41) is 3.14. The van der Waals surface area contributed by atoms with Gasteiger partial charge >= 0.3 is 0 Å². The lowest BCUT2D eigenvalue weighted by molar-refractivity contribution is 0.0922. The number of benzene rings is 1. The monoisotopic (exact) mass is 275 g/mol. The number of aryl methyl sites for hydroxylation is 1. The molecule has 0 bridgehead atoms. The van der Waals surface area contributed by atoms with Gasteiger partial charge in [-0.15, -0.1) is 0 Å². The van der Waals surface area contributed by atoms with Gasteiger partial charge in [0.1, 0.15) is 0 Å². The lowest BCUT2D eigenvalue weighted by Crippen LogP contribution is -2.38. The first-order valence-corrected chi connectivity index (χ1v) is 7.52. The van der Waals surface area contributed by atoms with Crippen LogP contribution in [0.5, 0.6) is 0 Å². The minimum Gasteiger partial charge on any atom is -0.349 e. The van der Waals surface area contributed by atoms with Crippen LogP contribution < -0.4 is 16.6 Å². The molecule has 1 aromatic rings. The SMILES string of the molecule is CCC1CCC(NC(=O)c2ccc(C)cc2NN)CC1. The molecule has 2 rings (SSSR count). The van der Waals surface area contributed by atoms with Crippen LogP contribution in [0.1, 0.15) is 54.9 Å². The van der Waals surface area contributed by atoms with E-state index in [4.69, 9.17) is 5.84 Å². The van der Waals surface area contributed by atoms with Crippen molar-refractivity contribution in [1.82, 2.24) is 5.32 Å². The number of rotatable bonds is 4. The molecule has 1 saturated carbocycles. The molecule has 0 aliphatic heterocycles.